The average molecular weight is 1100 g/mol. The van der Waals surface area contributed by atoms with Crippen molar-refractivity contribution in [1.82, 2.24) is 0 Å². The molecule has 5 aromatic carbocycles. The molecule has 0 fully saturated rings. The van der Waals surface area contributed by atoms with Crippen LogP contribution in [0.3, 0.4) is 0 Å². The van der Waals surface area contributed by atoms with E-state index in [1.54, 1.807) is 48.5 Å². The smallest absolute Gasteiger partial charge is 0.201 e. The van der Waals surface area contributed by atoms with Crippen molar-refractivity contribution in [1.29, 1.82) is 0 Å². The first-order valence-corrected chi connectivity index (χ1v) is 28.5. The molecular formula is C68H78F4O8. The van der Waals surface area contributed by atoms with E-state index in [4.69, 9.17) is 29.2 Å². The summed E-state index contributed by atoms with van der Waals surface area (Å²) in [5.41, 5.74) is 3.38. The van der Waals surface area contributed by atoms with Gasteiger partial charge in [-0.15, -0.1) is 0 Å². The van der Waals surface area contributed by atoms with Gasteiger partial charge >= 0.3 is 0 Å². The summed E-state index contributed by atoms with van der Waals surface area (Å²) in [6.45, 7) is 3.48. The molecule has 0 saturated carbocycles. The second-order valence-corrected chi connectivity index (χ2v) is 19.8. The van der Waals surface area contributed by atoms with E-state index in [1.807, 2.05) is 12.1 Å². The number of halogens is 4. The number of rotatable bonds is 32. The van der Waals surface area contributed by atoms with E-state index in [0.717, 1.165) is 38.5 Å². The van der Waals surface area contributed by atoms with E-state index in [2.05, 4.69) is 61.2 Å². The lowest BCUT2D eigenvalue weighted by Gasteiger charge is -2.14. The number of aliphatic hydroxyl groups is 4. The minimum absolute atomic E-state index is 0.172. The maximum Gasteiger partial charge on any atom is 0.201 e. The Morgan fingerprint density at radius 2 is 0.625 bits per heavy atom. The van der Waals surface area contributed by atoms with Gasteiger partial charge in [0.05, 0.1) is 48.7 Å². The molecule has 4 N–H and O–H groups in total. The fourth-order valence-electron chi connectivity index (χ4n) is 8.33. The van der Waals surface area contributed by atoms with Crippen LogP contribution in [0.4, 0.5) is 17.6 Å². The highest BCUT2D eigenvalue weighted by Gasteiger charge is 2.17. The second-order valence-electron chi connectivity index (χ2n) is 19.8. The molecule has 0 bridgehead atoms. The molecule has 2 atom stereocenters. The number of unbranched alkanes of at least 4 members (excludes halogenated alkanes) is 18. The van der Waals surface area contributed by atoms with Gasteiger partial charge in [-0.3, -0.25) is 0 Å². The van der Waals surface area contributed by atoms with E-state index in [1.165, 1.54) is 114 Å². The van der Waals surface area contributed by atoms with Gasteiger partial charge < -0.3 is 39.4 Å². The Balaban J connectivity index is 1.38. The minimum atomic E-state index is -1.24. The molecule has 0 heterocycles. The van der Waals surface area contributed by atoms with Crippen LogP contribution in [-0.4, -0.2) is 72.3 Å². The van der Waals surface area contributed by atoms with E-state index in [0.29, 0.717) is 58.1 Å². The normalized spacial score (nSPS) is 11.4. The van der Waals surface area contributed by atoms with Crippen LogP contribution in [0.25, 0.3) is 0 Å². The van der Waals surface area contributed by atoms with Crippen molar-refractivity contribution in [3.8, 4) is 70.4 Å². The second kappa shape index (κ2) is 37.1. The van der Waals surface area contributed by atoms with Gasteiger partial charge in [0.15, 0.2) is 23.1 Å². The predicted molar refractivity (Wildman–Crippen MR) is 308 cm³/mol. The number of ether oxygens (including phenoxy) is 4. The van der Waals surface area contributed by atoms with Crippen LogP contribution in [0, 0.1) is 70.6 Å². The first kappa shape index (κ1) is 63.9. The van der Waals surface area contributed by atoms with Gasteiger partial charge in [-0.2, -0.15) is 8.78 Å². The van der Waals surface area contributed by atoms with Gasteiger partial charge in [0.2, 0.25) is 11.6 Å². The summed E-state index contributed by atoms with van der Waals surface area (Å²) in [7, 11) is 0. The molecule has 2 unspecified atom stereocenters. The molecule has 0 aliphatic heterocycles. The van der Waals surface area contributed by atoms with Crippen molar-refractivity contribution in [2.24, 2.45) is 0 Å². The van der Waals surface area contributed by atoms with Crippen molar-refractivity contribution in [3.63, 3.8) is 0 Å². The highest BCUT2D eigenvalue weighted by Crippen LogP contribution is 2.30. The highest BCUT2D eigenvalue weighted by molar-refractivity contribution is 5.61. The standard InChI is InChI=1S/C68H78F4O8/c1-3-5-7-9-11-13-15-17-19-21-43-77-63-45-58(38-34-54-29-25-52(26-30-54)32-36-56-40-42-62(68(72)66(56)70)80-50-60(76)48-74)64(78-44-22-20-18-16-14-12-10-8-6-4-2)46-57(63)37-33-53-27-23-51(24-28-53)31-35-55-39-41-61(67(71)65(55)69)79-49-59(75)47-73/h23-30,39-42,45-46,59-60,73-76H,3-22,43-44,47-50H2,1-2H3. The lowest BCUT2D eigenvalue weighted by Crippen LogP contribution is -2.21. The fraction of sp³-hybridized carbons (Fsp3) is 0.441. The molecular weight excluding hydrogens is 1020 g/mol. The summed E-state index contributed by atoms with van der Waals surface area (Å²) in [6, 6.07) is 22.9. The molecule has 0 saturated heterocycles. The predicted octanol–water partition coefficient (Wildman–Crippen LogP) is 13.9. The number of hydrogen-bond donors (Lipinski definition) is 4. The van der Waals surface area contributed by atoms with Crippen molar-refractivity contribution in [2.45, 2.75) is 154 Å². The Labute approximate surface area is 472 Å². The largest absolute Gasteiger partial charge is 0.492 e. The molecule has 0 aliphatic carbocycles. The van der Waals surface area contributed by atoms with Gasteiger partial charge in [0, 0.05) is 34.4 Å². The van der Waals surface area contributed by atoms with E-state index in [-0.39, 0.29) is 11.1 Å². The molecule has 80 heavy (non-hydrogen) atoms. The Hall–Kier alpha value is -6.90. The Morgan fingerprint density at radius 3 is 0.925 bits per heavy atom. The average Bonchev–Trinajstić information content (AvgIpc) is 3.47. The highest BCUT2D eigenvalue weighted by atomic mass is 19.2. The molecule has 426 valence electrons. The SMILES string of the molecule is CCCCCCCCCCCCOc1cc(C#Cc2ccc(C#Cc3ccc(OCC(O)CO)c(F)c3F)cc2)c(OCCCCCCCCCCCC)cc1C#Cc1ccc(C#Cc2ccc(OCC(O)CO)c(F)c2F)cc1. The molecule has 0 aromatic heterocycles. The van der Waals surface area contributed by atoms with Gasteiger partial charge in [0.1, 0.15) is 36.9 Å². The first-order chi connectivity index (χ1) is 39.0. The lowest BCUT2D eigenvalue weighted by atomic mass is 10.1. The molecule has 0 aliphatic rings. The van der Waals surface area contributed by atoms with Gasteiger partial charge in [-0.25, -0.2) is 8.78 Å². The summed E-state index contributed by atoms with van der Waals surface area (Å²) in [5, 5.41) is 37.0. The fourth-order valence-corrected chi connectivity index (χ4v) is 8.33. The number of hydrogen-bond acceptors (Lipinski definition) is 8. The van der Waals surface area contributed by atoms with Crippen LogP contribution < -0.4 is 18.9 Å². The zero-order valence-corrected chi connectivity index (χ0v) is 46.6. The Morgan fingerprint density at radius 1 is 0.338 bits per heavy atom. The number of benzene rings is 5. The van der Waals surface area contributed by atoms with E-state index in [9.17, 15) is 27.8 Å². The zero-order chi connectivity index (χ0) is 57.2. The molecule has 0 spiro atoms. The summed E-state index contributed by atoms with van der Waals surface area (Å²) in [4.78, 5) is 0. The van der Waals surface area contributed by atoms with Crippen LogP contribution >= 0.6 is 0 Å². The molecule has 0 radical (unpaired) electrons. The van der Waals surface area contributed by atoms with Crippen LogP contribution in [-0.2, 0) is 0 Å². The van der Waals surface area contributed by atoms with E-state index >= 15 is 0 Å². The van der Waals surface area contributed by atoms with E-state index < -0.39 is 73.4 Å². The topological polar surface area (TPSA) is 118 Å². The third-order valence-electron chi connectivity index (χ3n) is 13.1. The lowest BCUT2D eigenvalue weighted by molar-refractivity contribution is 0.0521. The van der Waals surface area contributed by atoms with Gasteiger partial charge in [-0.1, -0.05) is 177 Å². The minimum Gasteiger partial charge on any atom is -0.492 e. The summed E-state index contributed by atoms with van der Waals surface area (Å²) >= 11 is 0. The van der Waals surface area contributed by atoms with Crippen molar-refractivity contribution in [3.05, 3.63) is 153 Å². The molecule has 0 amide bonds. The third-order valence-corrected chi connectivity index (χ3v) is 13.1. The summed E-state index contributed by atoms with van der Waals surface area (Å²) in [5.74, 6) is 19.7. The molecule has 5 aromatic rings. The van der Waals surface area contributed by atoms with Crippen molar-refractivity contribution >= 4 is 0 Å². The number of aliphatic hydroxyl groups excluding tert-OH is 4. The molecule has 8 nitrogen and oxygen atoms in total. The Kier molecular flexibility index (Phi) is 29.7. The van der Waals surface area contributed by atoms with Crippen LogP contribution in [0.2, 0.25) is 0 Å². The first-order valence-electron chi connectivity index (χ1n) is 28.5. The molecule has 12 heteroatoms. The monoisotopic (exact) mass is 1100 g/mol. The quantitative estimate of drug-likeness (QED) is 0.0191. The summed E-state index contributed by atoms with van der Waals surface area (Å²) < 4.78 is 82.4. The third kappa shape index (κ3) is 23.1. The molecule has 5 rings (SSSR count). The van der Waals surface area contributed by atoms with Gasteiger partial charge in [-0.05, 0) is 85.6 Å². The van der Waals surface area contributed by atoms with Crippen molar-refractivity contribution in [2.75, 3.05) is 39.6 Å². The zero-order valence-electron chi connectivity index (χ0n) is 46.6. The van der Waals surface area contributed by atoms with Crippen LogP contribution in [0.15, 0.2) is 84.9 Å². The van der Waals surface area contributed by atoms with Crippen LogP contribution in [0.5, 0.6) is 23.0 Å². The van der Waals surface area contributed by atoms with Gasteiger partial charge in [0.25, 0.3) is 0 Å². The maximum absolute atomic E-state index is 14.9. The van der Waals surface area contributed by atoms with Crippen molar-refractivity contribution < 1.29 is 56.9 Å². The van der Waals surface area contributed by atoms with Crippen LogP contribution in [0.1, 0.15) is 187 Å². The summed E-state index contributed by atoms with van der Waals surface area (Å²) in [6.07, 6.45) is 21.3. The Bertz CT molecular complexity index is 2710. The maximum atomic E-state index is 14.9.